The second kappa shape index (κ2) is 6.43. The van der Waals surface area contributed by atoms with Crippen molar-refractivity contribution in [1.82, 2.24) is 0 Å². The lowest BCUT2D eigenvalue weighted by atomic mass is 10.2. The van der Waals surface area contributed by atoms with E-state index in [1.165, 1.54) is 31.3 Å². The average molecular weight is 242 g/mol. The molecule has 1 heterocycles. The van der Waals surface area contributed by atoms with Gasteiger partial charge in [-0.25, -0.2) is 0 Å². The Bertz CT molecular complexity index is 265. The van der Waals surface area contributed by atoms with Crippen molar-refractivity contribution in [2.45, 2.75) is 56.6 Å². The van der Waals surface area contributed by atoms with E-state index in [1.807, 2.05) is 6.26 Å². The van der Waals surface area contributed by atoms with Crippen LogP contribution in [0, 0.1) is 0 Å². The van der Waals surface area contributed by atoms with Gasteiger partial charge in [-0.1, -0.05) is 0 Å². The van der Waals surface area contributed by atoms with Crippen molar-refractivity contribution >= 4 is 10.8 Å². The summed E-state index contributed by atoms with van der Waals surface area (Å²) in [6.07, 6.45) is 11.5. The molecule has 0 aromatic carbocycles. The average Bonchev–Trinajstić information content (AvgIpc) is 2.90. The molecule has 0 aromatic rings. The highest BCUT2D eigenvalue weighted by Gasteiger charge is 2.22. The van der Waals surface area contributed by atoms with E-state index in [-0.39, 0.29) is 0 Å². The van der Waals surface area contributed by atoms with Gasteiger partial charge >= 0.3 is 0 Å². The second-order valence-electron chi connectivity index (χ2n) is 4.85. The lowest BCUT2D eigenvalue weighted by molar-refractivity contribution is 0.238. The van der Waals surface area contributed by atoms with Crippen LogP contribution in [0.2, 0.25) is 0 Å². The van der Waals surface area contributed by atoms with Crippen LogP contribution in [-0.4, -0.2) is 21.8 Å². The normalized spacial score (nSPS) is 29.6. The van der Waals surface area contributed by atoms with Crippen molar-refractivity contribution in [3.63, 3.8) is 0 Å². The van der Waals surface area contributed by atoms with Crippen LogP contribution < -0.4 is 0 Å². The van der Waals surface area contributed by atoms with Crippen molar-refractivity contribution in [3.05, 3.63) is 11.8 Å². The molecule has 1 aliphatic carbocycles. The van der Waals surface area contributed by atoms with Gasteiger partial charge in [-0.15, -0.1) is 0 Å². The highest BCUT2D eigenvalue weighted by molar-refractivity contribution is 7.85. The minimum Gasteiger partial charge on any atom is -0.501 e. The summed E-state index contributed by atoms with van der Waals surface area (Å²) in [7, 11) is -0.539. The largest absolute Gasteiger partial charge is 0.501 e. The quantitative estimate of drug-likeness (QED) is 0.547. The highest BCUT2D eigenvalue weighted by Crippen LogP contribution is 2.24. The molecule has 0 bridgehead atoms. The molecule has 2 aliphatic rings. The highest BCUT2D eigenvalue weighted by atomic mass is 32.2. The maximum absolute atomic E-state index is 11.5. The molecule has 0 spiro atoms. The Morgan fingerprint density at radius 1 is 1.31 bits per heavy atom. The zero-order valence-corrected chi connectivity index (χ0v) is 10.8. The Balaban J connectivity index is 1.54. The van der Waals surface area contributed by atoms with Gasteiger partial charge in [0.05, 0.1) is 12.9 Å². The number of hydrogen-bond donors (Lipinski definition) is 0. The van der Waals surface area contributed by atoms with Gasteiger partial charge in [-0.3, -0.25) is 4.21 Å². The maximum Gasteiger partial charge on any atom is 0.0873 e. The first-order valence-electron chi connectivity index (χ1n) is 6.53. The molecule has 2 atom stereocenters. The first-order chi connectivity index (χ1) is 7.86. The van der Waals surface area contributed by atoms with Crippen LogP contribution >= 0.6 is 0 Å². The third kappa shape index (κ3) is 3.62. The van der Waals surface area contributed by atoms with Crippen LogP contribution in [0.1, 0.15) is 51.4 Å². The van der Waals surface area contributed by atoms with Crippen LogP contribution in [-0.2, 0) is 15.5 Å². The molecule has 0 radical (unpaired) electrons. The Labute approximate surface area is 101 Å². The molecule has 92 valence electrons. The molecule has 2 unspecified atom stereocenters. The minimum absolute atomic E-state index is 0.461. The van der Waals surface area contributed by atoms with Crippen LogP contribution in [0.3, 0.4) is 0 Å². The van der Waals surface area contributed by atoms with E-state index < -0.39 is 10.8 Å². The number of hydrogen-bond acceptors (Lipinski definition) is 2. The molecule has 0 N–H and O–H groups in total. The van der Waals surface area contributed by atoms with Crippen molar-refractivity contribution in [2.75, 3.05) is 12.4 Å². The van der Waals surface area contributed by atoms with Crippen LogP contribution in [0.25, 0.3) is 0 Å². The molecule has 2 rings (SSSR count). The van der Waals surface area contributed by atoms with Gasteiger partial charge in [0.25, 0.3) is 0 Å². The van der Waals surface area contributed by atoms with Gasteiger partial charge < -0.3 is 4.74 Å². The second-order valence-corrected chi connectivity index (χ2v) is 6.68. The molecule has 2 nitrogen and oxygen atoms in total. The topological polar surface area (TPSA) is 26.3 Å². The van der Waals surface area contributed by atoms with Gasteiger partial charge in [-0.2, -0.15) is 0 Å². The summed E-state index contributed by atoms with van der Waals surface area (Å²) in [5, 5.41) is 0.461. The van der Waals surface area contributed by atoms with Crippen molar-refractivity contribution in [3.8, 4) is 0 Å². The predicted molar refractivity (Wildman–Crippen MR) is 67.8 cm³/mol. The fourth-order valence-electron chi connectivity index (χ4n) is 2.55. The molecule has 1 aliphatic heterocycles. The van der Waals surface area contributed by atoms with E-state index in [0.29, 0.717) is 5.25 Å². The Kier molecular flexibility index (Phi) is 4.89. The molecule has 0 amide bonds. The standard InChI is InChI=1S/C13H22O2S/c14-16-10-4-8-13(16)7-3-9-15-11-12-5-1-2-6-12/h11,13H,1-10H2. The molecule has 3 heteroatoms. The third-order valence-electron chi connectivity index (χ3n) is 3.53. The van der Waals surface area contributed by atoms with Crippen molar-refractivity contribution < 1.29 is 8.95 Å². The summed E-state index contributed by atoms with van der Waals surface area (Å²) in [4.78, 5) is 0. The van der Waals surface area contributed by atoms with Crippen LogP contribution in [0.15, 0.2) is 11.8 Å². The number of ether oxygens (including phenoxy) is 1. The fourth-order valence-corrected chi connectivity index (χ4v) is 4.19. The monoisotopic (exact) mass is 242 g/mol. The van der Waals surface area contributed by atoms with Gasteiger partial charge in [0, 0.05) is 21.8 Å². The third-order valence-corrected chi connectivity index (χ3v) is 5.43. The summed E-state index contributed by atoms with van der Waals surface area (Å²) < 4.78 is 17.1. The molecule has 1 saturated carbocycles. The molecular weight excluding hydrogens is 220 g/mol. The minimum atomic E-state index is -0.539. The number of allylic oxidation sites excluding steroid dienone is 1. The Morgan fingerprint density at radius 3 is 2.81 bits per heavy atom. The van der Waals surface area contributed by atoms with Crippen LogP contribution in [0.4, 0.5) is 0 Å². The SMILES string of the molecule is O=S1CCCC1CCCOC=C1CCCC1. The van der Waals surface area contributed by atoms with Gasteiger partial charge in [0.2, 0.25) is 0 Å². The van der Waals surface area contributed by atoms with E-state index in [2.05, 4.69) is 0 Å². The summed E-state index contributed by atoms with van der Waals surface area (Å²) in [6.45, 7) is 0.803. The van der Waals surface area contributed by atoms with Gasteiger partial charge in [-0.05, 0) is 56.9 Å². The molecule has 2 fully saturated rings. The first kappa shape index (κ1) is 12.2. The predicted octanol–water partition coefficient (Wildman–Crippen LogP) is 3.15. The van der Waals surface area contributed by atoms with Gasteiger partial charge in [0.1, 0.15) is 0 Å². The molecule has 0 aromatic heterocycles. The Hall–Kier alpha value is -0.310. The first-order valence-corrected chi connectivity index (χ1v) is 7.91. The summed E-state index contributed by atoms with van der Waals surface area (Å²) in [5.41, 5.74) is 1.48. The van der Waals surface area contributed by atoms with Crippen molar-refractivity contribution in [1.29, 1.82) is 0 Å². The summed E-state index contributed by atoms with van der Waals surface area (Å²) in [6, 6.07) is 0. The lowest BCUT2D eigenvalue weighted by Gasteiger charge is -2.07. The maximum atomic E-state index is 11.5. The van der Waals surface area contributed by atoms with E-state index in [0.717, 1.165) is 38.0 Å². The zero-order valence-electron chi connectivity index (χ0n) is 9.95. The summed E-state index contributed by atoms with van der Waals surface area (Å²) in [5.74, 6) is 0.926. The van der Waals surface area contributed by atoms with E-state index >= 15 is 0 Å². The van der Waals surface area contributed by atoms with Crippen LogP contribution in [0.5, 0.6) is 0 Å². The Morgan fingerprint density at radius 2 is 2.12 bits per heavy atom. The van der Waals surface area contributed by atoms with E-state index in [4.69, 9.17) is 4.74 Å². The molecular formula is C13H22O2S. The van der Waals surface area contributed by atoms with E-state index in [1.54, 1.807) is 0 Å². The summed E-state index contributed by atoms with van der Waals surface area (Å²) >= 11 is 0. The lowest BCUT2D eigenvalue weighted by Crippen LogP contribution is -2.09. The van der Waals surface area contributed by atoms with Gasteiger partial charge in [0.15, 0.2) is 0 Å². The fraction of sp³-hybridized carbons (Fsp3) is 0.846. The smallest absolute Gasteiger partial charge is 0.0873 e. The molecule has 1 saturated heterocycles. The molecule has 16 heavy (non-hydrogen) atoms. The van der Waals surface area contributed by atoms with E-state index in [9.17, 15) is 4.21 Å². The zero-order chi connectivity index (χ0) is 11.2. The number of rotatable bonds is 5. The van der Waals surface area contributed by atoms with Crippen molar-refractivity contribution in [2.24, 2.45) is 0 Å².